The third kappa shape index (κ3) is 3.89. The molecule has 2 aromatic rings. The first-order valence-corrected chi connectivity index (χ1v) is 6.88. The molecular formula is C15H16BrN3O4. The predicted octanol–water partition coefficient (Wildman–Crippen LogP) is 2.20. The molecule has 0 bridgehead atoms. The van der Waals surface area contributed by atoms with E-state index in [1.165, 1.54) is 4.68 Å². The molecule has 2 N–H and O–H groups in total. The number of hydrogen-bond acceptors (Lipinski definition) is 5. The zero-order chi connectivity index (χ0) is 15.5. The van der Waals surface area contributed by atoms with Gasteiger partial charge in [0.1, 0.15) is 5.49 Å². The summed E-state index contributed by atoms with van der Waals surface area (Å²) in [5, 5.41) is 20.9. The van der Waals surface area contributed by atoms with Crippen molar-refractivity contribution < 1.29 is 19.4 Å². The highest BCUT2D eigenvalue weighted by Gasteiger charge is 2.14. The Morgan fingerprint density at radius 3 is 2.83 bits per heavy atom. The molecule has 0 saturated carbocycles. The number of aromatic nitrogens is 2. The van der Waals surface area contributed by atoms with Gasteiger partial charge >= 0.3 is 5.97 Å². The number of nitrogens with one attached hydrogen (secondary N) is 1. The van der Waals surface area contributed by atoms with Crippen LogP contribution in [0.1, 0.15) is 12.8 Å². The molecule has 8 heteroatoms. The first-order valence-electron chi connectivity index (χ1n) is 6.88. The van der Waals surface area contributed by atoms with E-state index in [0.717, 1.165) is 5.56 Å². The maximum absolute atomic E-state index is 10.6. The van der Waals surface area contributed by atoms with Crippen LogP contribution in [0.5, 0.6) is 11.5 Å². The number of hydrogen-bond donors (Lipinski definition) is 2. The summed E-state index contributed by atoms with van der Waals surface area (Å²) >= 11 is 0. The first kappa shape index (κ1) is 17.0. The predicted molar refractivity (Wildman–Crippen MR) is 86.8 cm³/mol. The van der Waals surface area contributed by atoms with Gasteiger partial charge in [-0.3, -0.25) is 10.2 Å². The fourth-order valence-corrected chi connectivity index (χ4v) is 2.22. The number of carbonyl (C=O) groups is 1. The van der Waals surface area contributed by atoms with Crippen LogP contribution in [0.15, 0.2) is 30.3 Å². The Labute approximate surface area is 142 Å². The van der Waals surface area contributed by atoms with Crippen molar-refractivity contribution in [2.24, 2.45) is 0 Å². The van der Waals surface area contributed by atoms with Crippen LogP contribution in [0.2, 0.25) is 0 Å². The van der Waals surface area contributed by atoms with E-state index >= 15 is 0 Å². The number of aliphatic carboxylic acids is 1. The third-order valence-electron chi connectivity index (χ3n) is 3.33. The number of benzene rings is 1. The molecule has 7 nitrogen and oxygen atoms in total. The van der Waals surface area contributed by atoms with Gasteiger partial charge in [0.05, 0.1) is 5.69 Å². The van der Waals surface area contributed by atoms with E-state index in [1.54, 1.807) is 12.1 Å². The van der Waals surface area contributed by atoms with Gasteiger partial charge in [-0.15, -0.1) is 17.0 Å². The Bertz CT molecular complexity index is 776. The highest BCUT2D eigenvalue weighted by atomic mass is 79.9. The molecule has 23 heavy (non-hydrogen) atoms. The smallest absolute Gasteiger partial charge is 0.303 e. The van der Waals surface area contributed by atoms with Crippen molar-refractivity contribution in [3.05, 3.63) is 35.8 Å². The molecule has 1 aliphatic rings. The molecular weight excluding hydrogens is 366 g/mol. The lowest BCUT2D eigenvalue weighted by Crippen LogP contribution is -2.22. The van der Waals surface area contributed by atoms with Crippen molar-refractivity contribution in [1.82, 2.24) is 9.78 Å². The van der Waals surface area contributed by atoms with E-state index in [-0.39, 0.29) is 35.7 Å². The molecule has 0 atom stereocenters. The number of nitrogens with zero attached hydrogens (tertiary/aromatic N) is 2. The summed E-state index contributed by atoms with van der Waals surface area (Å²) in [4.78, 5) is 10.6. The molecule has 3 rings (SSSR count). The van der Waals surface area contributed by atoms with Gasteiger partial charge in [-0.2, -0.15) is 5.10 Å². The summed E-state index contributed by atoms with van der Waals surface area (Å²) in [6, 6.07) is 8.95. The van der Waals surface area contributed by atoms with Gasteiger partial charge in [-0.05, 0) is 36.8 Å². The molecule has 1 aliphatic heterocycles. The lowest BCUT2D eigenvalue weighted by molar-refractivity contribution is -0.137. The van der Waals surface area contributed by atoms with Crippen LogP contribution < -0.4 is 15.0 Å². The second-order valence-electron chi connectivity index (χ2n) is 4.89. The van der Waals surface area contributed by atoms with E-state index < -0.39 is 5.97 Å². The summed E-state index contributed by atoms with van der Waals surface area (Å²) in [5.74, 6) is 0.529. The van der Waals surface area contributed by atoms with Crippen LogP contribution in [0, 0.1) is 5.41 Å². The number of halogens is 1. The van der Waals surface area contributed by atoms with Crippen LogP contribution in [-0.4, -0.2) is 27.6 Å². The molecule has 2 heterocycles. The summed E-state index contributed by atoms with van der Waals surface area (Å²) in [5.41, 5.74) is 1.80. The van der Waals surface area contributed by atoms with Gasteiger partial charge in [0.25, 0.3) is 0 Å². The lowest BCUT2D eigenvalue weighted by Gasteiger charge is -2.08. The van der Waals surface area contributed by atoms with Crippen molar-refractivity contribution in [3.8, 4) is 22.8 Å². The molecule has 0 radical (unpaired) electrons. The van der Waals surface area contributed by atoms with Crippen LogP contribution in [0.4, 0.5) is 0 Å². The van der Waals surface area contributed by atoms with Gasteiger partial charge in [-0.25, -0.2) is 4.68 Å². The first-order chi connectivity index (χ1) is 10.6. The number of carboxylic acid groups (broad SMARTS) is 1. The summed E-state index contributed by atoms with van der Waals surface area (Å²) in [6.45, 7) is 0.608. The van der Waals surface area contributed by atoms with Crippen LogP contribution in [-0.2, 0) is 11.3 Å². The van der Waals surface area contributed by atoms with Crippen molar-refractivity contribution in [3.63, 3.8) is 0 Å². The third-order valence-corrected chi connectivity index (χ3v) is 3.33. The normalized spacial score (nSPS) is 11.8. The molecule has 0 spiro atoms. The van der Waals surface area contributed by atoms with Crippen molar-refractivity contribution in [2.45, 2.75) is 19.4 Å². The second kappa shape index (κ2) is 7.28. The molecule has 0 aliphatic carbocycles. The Morgan fingerprint density at radius 1 is 1.26 bits per heavy atom. The molecule has 0 amide bonds. The SMILES string of the molecule is Br.N=c1ccc(-c2ccc3c(c2)OCO3)nn1CCCC(=O)O. The van der Waals surface area contributed by atoms with Gasteiger partial charge < -0.3 is 14.6 Å². The standard InChI is InChI=1S/C15H15N3O4.BrH/c16-14-6-4-11(17-18(14)7-1-2-15(19)20)10-3-5-12-13(8-10)22-9-21-12;/h3-6,8,16H,1-2,7,9H2,(H,19,20);1H. The van der Waals surface area contributed by atoms with Gasteiger partial charge in [0.2, 0.25) is 6.79 Å². The average molecular weight is 382 g/mol. The zero-order valence-corrected chi connectivity index (χ0v) is 13.9. The topological polar surface area (TPSA) is 97.4 Å². The van der Waals surface area contributed by atoms with Gasteiger partial charge in [0, 0.05) is 18.5 Å². The lowest BCUT2D eigenvalue weighted by atomic mass is 10.1. The summed E-state index contributed by atoms with van der Waals surface area (Å²) in [7, 11) is 0. The summed E-state index contributed by atoms with van der Waals surface area (Å²) in [6.07, 6.45) is 0.492. The fourth-order valence-electron chi connectivity index (χ4n) is 2.22. The van der Waals surface area contributed by atoms with Crippen molar-refractivity contribution >= 4 is 23.0 Å². The molecule has 0 saturated heterocycles. The quantitative estimate of drug-likeness (QED) is 0.827. The van der Waals surface area contributed by atoms with Gasteiger partial charge in [0.15, 0.2) is 11.5 Å². The minimum Gasteiger partial charge on any atom is -0.481 e. The molecule has 0 fully saturated rings. The van der Waals surface area contributed by atoms with Crippen molar-refractivity contribution in [2.75, 3.05) is 6.79 Å². The van der Waals surface area contributed by atoms with Crippen LogP contribution >= 0.6 is 17.0 Å². The second-order valence-corrected chi connectivity index (χ2v) is 4.89. The highest BCUT2D eigenvalue weighted by molar-refractivity contribution is 8.93. The van der Waals surface area contributed by atoms with E-state index in [9.17, 15) is 4.79 Å². The Kier molecular flexibility index (Phi) is 5.38. The number of ether oxygens (including phenoxy) is 2. The zero-order valence-electron chi connectivity index (χ0n) is 12.2. The molecule has 122 valence electrons. The summed E-state index contributed by atoms with van der Waals surface area (Å²) < 4.78 is 12.1. The highest BCUT2D eigenvalue weighted by Crippen LogP contribution is 2.35. The molecule has 1 aromatic carbocycles. The average Bonchev–Trinajstić information content (AvgIpc) is 2.96. The van der Waals surface area contributed by atoms with Crippen LogP contribution in [0.3, 0.4) is 0 Å². The number of aryl methyl sites for hydroxylation is 1. The van der Waals surface area contributed by atoms with Gasteiger partial charge in [-0.1, -0.05) is 0 Å². The Balaban J connectivity index is 0.00000192. The van der Waals surface area contributed by atoms with E-state index in [4.69, 9.17) is 20.0 Å². The minimum atomic E-state index is -0.848. The maximum Gasteiger partial charge on any atom is 0.303 e. The molecule has 1 aromatic heterocycles. The van der Waals surface area contributed by atoms with Crippen LogP contribution in [0.25, 0.3) is 11.3 Å². The van der Waals surface area contributed by atoms with E-state index in [0.29, 0.717) is 30.2 Å². The number of rotatable bonds is 5. The minimum absolute atomic E-state index is 0. The Hall–Kier alpha value is -2.35. The largest absolute Gasteiger partial charge is 0.481 e. The monoisotopic (exact) mass is 381 g/mol. The number of fused-ring (bicyclic) bond motifs is 1. The van der Waals surface area contributed by atoms with Crippen molar-refractivity contribution in [1.29, 1.82) is 5.41 Å². The number of carboxylic acids is 1. The fraction of sp³-hybridized carbons (Fsp3) is 0.267. The molecule has 0 unspecified atom stereocenters. The van der Waals surface area contributed by atoms with E-state index in [1.807, 2.05) is 18.2 Å². The maximum atomic E-state index is 10.6. The van der Waals surface area contributed by atoms with E-state index in [2.05, 4.69) is 5.10 Å². The Morgan fingerprint density at radius 2 is 2.04 bits per heavy atom.